The molecular weight excluding hydrogens is 378 g/mol. The second-order valence-electron chi connectivity index (χ2n) is 6.20. The maximum Gasteiger partial charge on any atom is 0.271 e. The van der Waals surface area contributed by atoms with Gasteiger partial charge in [-0.1, -0.05) is 23.3 Å². The van der Waals surface area contributed by atoms with E-state index in [1.54, 1.807) is 0 Å². The highest BCUT2D eigenvalue weighted by molar-refractivity contribution is 7.21. The van der Waals surface area contributed by atoms with Crippen LogP contribution in [0.4, 0.5) is 5.95 Å². The molecule has 9 heteroatoms. The Morgan fingerprint density at radius 3 is 2.68 bits per heavy atom. The third-order valence-electron chi connectivity index (χ3n) is 3.73. The van der Waals surface area contributed by atoms with Gasteiger partial charge in [0.1, 0.15) is 16.4 Å². The van der Waals surface area contributed by atoms with Crippen molar-refractivity contribution in [2.75, 3.05) is 5.32 Å². The van der Waals surface area contributed by atoms with Crippen LogP contribution < -0.4 is 14.8 Å². The molecule has 8 nitrogen and oxygen atoms in total. The third-order valence-corrected chi connectivity index (χ3v) is 4.86. The lowest BCUT2D eigenvalue weighted by Crippen LogP contribution is -2.14. The molecule has 142 valence electrons. The summed E-state index contributed by atoms with van der Waals surface area (Å²) in [6.07, 6.45) is -0.0865. The quantitative estimate of drug-likeness (QED) is 0.506. The fraction of sp³-hybridized carbons (Fsp3) is 0.158. The Balaban J connectivity index is 1.70. The van der Waals surface area contributed by atoms with Gasteiger partial charge in [-0.2, -0.15) is 0 Å². The Kier molecular flexibility index (Phi) is 4.90. The lowest BCUT2D eigenvalue weighted by atomic mass is 10.2. The van der Waals surface area contributed by atoms with Gasteiger partial charge in [0.25, 0.3) is 5.91 Å². The first-order chi connectivity index (χ1) is 13.6. The van der Waals surface area contributed by atoms with Crippen LogP contribution in [0.15, 0.2) is 48.5 Å². The molecule has 0 atom stereocenters. The van der Waals surface area contributed by atoms with Crippen molar-refractivity contribution in [3.05, 3.63) is 53.4 Å². The van der Waals surface area contributed by atoms with Crippen molar-refractivity contribution in [1.82, 2.24) is 20.6 Å². The maximum absolute atomic E-state index is 12.7. The minimum atomic E-state index is -0.346. The summed E-state index contributed by atoms with van der Waals surface area (Å²) in [5.74, 6) is 1.79. The van der Waals surface area contributed by atoms with Gasteiger partial charge in [0.05, 0.1) is 6.10 Å². The Morgan fingerprint density at radius 2 is 1.96 bits per heavy atom. The summed E-state index contributed by atoms with van der Waals surface area (Å²) in [5, 5.41) is 16.6. The van der Waals surface area contributed by atoms with Crippen molar-refractivity contribution in [2.45, 2.75) is 20.0 Å². The Morgan fingerprint density at radius 1 is 1.14 bits per heavy atom. The standard InChI is InChI=1S/C19H17N5O3S/c1-11(2)26-16-14-9-8-13(27-12-6-4-3-5-7-12)10-15(14)28-17(16)18(25)20-19-21-23-24-22-19/h3-11H,1-2H3,(H2,20,21,22,23,24,25). The molecule has 2 aromatic heterocycles. The molecule has 2 aromatic carbocycles. The van der Waals surface area contributed by atoms with Crippen molar-refractivity contribution in [1.29, 1.82) is 0 Å². The van der Waals surface area contributed by atoms with Gasteiger partial charge in [-0.3, -0.25) is 10.1 Å². The number of rotatable bonds is 6. The number of nitrogens with one attached hydrogen (secondary N) is 2. The normalized spacial score (nSPS) is 11.0. The number of hydrogen-bond acceptors (Lipinski definition) is 7. The molecule has 0 aliphatic heterocycles. The number of carbonyl (C=O) groups is 1. The molecule has 2 N–H and O–H groups in total. The largest absolute Gasteiger partial charge is 0.489 e. The average molecular weight is 395 g/mol. The van der Waals surface area contributed by atoms with E-state index in [1.165, 1.54) is 11.3 Å². The summed E-state index contributed by atoms with van der Waals surface area (Å²) >= 11 is 1.32. The van der Waals surface area contributed by atoms with Crippen molar-refractivity contribution < 1.29 is 14.3 Å². The fourth-order valence-corrected chi connectivity index (χ4v) is 3.68. The zero-order valence-electron chi connectivity index (χ0n) is 15.2. The van der Waals surface area contributed by atoms with Gasteiger partial charge >= 0.3 is 0 Å². The zero-order chi connectivity index (χ0) is 19.5. The summed E-state index contributed by atoms with van der Waals surface area (Å²) in [7, 11) is 0. The first kappa shape index (κ1) is 17.9. The number of para-hydroxylation sites is 1. The van der Waals surface area contributed by atoms with E-state index in [0.29, 0.717) is 16.4 Å². The number of fused-ring (bicyclic) bond motifs is 1. The highest BCUT2D eigenvalue weighted by Crippen LogP contribution is 2.41. The van der Waals surface area contributed by atoms with E-state index >= 15 is 0 Å². The van der Waals surface area contributed by atoms with Crippen molar-refractivity contribution in [3.8, 4) is 17.2 Å². The number of ether oxygens (including phenoxy) is 2. The molecule has 0 aliphatic carbocycles. The predicted octanol–water partition coefficient (Wildman–Crippen LogP) is 4.25. The number of nitrogens with zero attached hydrogens (tertiary/aromatic N) is 3. The number of aromatic nitrogens is 4. The van der Waals surface area contributed by atoms with Gasteiger partial charge in [-0.15, -0.1) is 11.3 Å². The SMILES string of the molecule is CC(C)Oc1c(C(=O)Nc2nnn[nH]2)sc2cc(Oc3ccccc3)ccc12. The summed E-state index contributed by atoms with van der Waals surface area (Å²) in [4.78, 5) is 13.2. The first-order valence-corrected chi connectivity index (χ1v) is 9.43. The summed E-state index contributed by atoms with van der Waals surface area (Å²) in [5.41, 5.74) is 0. The monoisotopic (exact) mass is 395 g/mol. The fourth-order valence-electron chi connectivity index (χ4n) is 2.62. The number of hydrogen-bond donors (Lipinski definition) is 2. The highest BCUT2D eigenvalue weighted by atomic mass is 32.1. The van der Waals surface area contributed by atoms with E-state index in [4.69, 9.17) is 9.47 Å². The number of amides is 1. The molecule has 0 bridgehead atoms. The lowest BCUT2D eigenvalue weighted by molar-refractivity contribution is 0.102. The molecule has 0 spiro atoms. The molecule has 0 aliphatic rings. The van der Waals surface area contributed by atoms with Crippen LogP contribution in [0.1, 0.15) is 23.5 Å². The van der Waals surface area contributed by atoms with Crippen molar-refractivity contribution >= 4 is 33.3 Å². The molecule has 28 heavy (non-hydrogen) atoms. The van der Waals surface area contributed by atoms with Gasteiger partial charge in [-0.05, 0) is 54.6 Å². The molecule has 4 aromatic rings. The zero-order valence-corrected chi connectivity index (χ0v) is 16.0. The van der Waals surface area contributed by atoms with Crippen LogP contribution in [0.5, 0.6) is 17.2 Å². The van der Waals surface area contributed by atoms with Crippen molar-refractivity contribution in [2.24, 2.45) is 0 Å². The number of tetrazole rings is 1. The number of aromatic amines is 1. The number of carbonyl (C=O) groups excluding carboxylic acids is 1. The summed E-state index contributed by atoms with van der Waals surface area (Å²) in [6.45, 7) is 3.83. The van der Waals surface area contributed by atoms with Crippen LogP contribution in [0.2, 0.25) is 0 Å². The molecule has 0 saturated heterocycles. The smallest absolute Gasteiger partial charge is 0.271 e. The van der Waals surface area contributed by atoms with Crippen LogP contribution in [0.3, 0.4) is 0 Å². The maximum atomic E-state index is 12.7. The Bertz CT molecular complexity index is 1090. The molecule has 0 unspecified atom stereocenters. The van der Waals surface area contributed by atoms with Gasteiger partial charge in [0, 0.05) is 10.1 Å². The average Bonchev–Trinajstić information content (AvgIpc) is 3.30. The summed E-state index contributed by atoms with van der Waals surface area (Å²) in [6, 6.07) is 15.2. The molecule has 1 amide bonds. The third kappa shape index (κ3) is 3.79. The molecule has 2 heterocycles. The van der Waals surface area contributed by atoms with Crippen LogP contribution in [0, 0.1) is 0 Å². The molecule has 0 fully saturated rings. The second kappa shape index (κ2) is 7.65. The van der Waals surface area contributed by atoms with Crippen LogP contribution in [-0.4, -0.2) is 32.6 Å². The van der Waals surface area contributed by atoms with Gasteiger partial charge in [0.2, 0.25) is 5.95 Å². The van der Waals surface area contributed by atoms with Gasteiger partial charge < -0.3 is 9.47 Å². The Hall–Kier alpha value is -3.46. The Labute approximate surface area is 164 Å². The van der Waals surface area contributed by atoms with E-state index in [0.717, 1.165) is 15.8 Å². The second-order valence-corrected chi connectivity index (χ2v) is 7.26. The topological polar surface area (TPSA) is 102 Å². The van der Waals surface area contributed by atoms with Crippen LogP contribution in [-0.2, 0) is 0 Å². The minimum absolute atomic E-state index is 0.0865. The molecular formula is C19H17N5O3S. The van der Waals surface area contributed by atoms with Gasteiger partial charge in [-0.25, -0.2) is 5.10 Å². The highest BCUT2D eigenvalue weighted by Gasteiger charge is 2.22. The van der Waals surface area contributed by atoms with Crippen molar-refractivity contribution in [3.63, 3.8) is 0 Å². The van der Waals surface area contributed by atoms with E-state index in [-0.39, 0.29) is 18.0 Å². The van der Waals surface area contributed by atoms with Gasteiger partial charge in [0.15, 0.2) is 5.75 Å². The van der Waals surface area contributed by atoms with Crippen LogP contribution in [0.25, 0.3) is 10.1 Å². The number of thiophene rings is 1. The molecule has 0 radical (unpaired) electrons. The van der Waals surface area contributed by atoms with E-state index in [2.05, 4.69) is 25.9 Å². The van der Waals surface area contributed by atoms with E-state index in [1.807, 2.05) is 62.4 Å². The summed E-state index contributed by atoms with van der Waals surface area (Å²) < 4.78 is 12.7. The predicted molar refractivity (Wildman–Crippen MR) is 106 cm³/mol. The number of anilines is 1. The number of H-pyrrole nitrogens is 1. The van der Waals surface area contributed by atoms with E-state index < -0.39 is 0 Å². The van der Waals surface area contributed by atoms with Crippen LogP contribution >= 0.6 is 11.3 Å². The number of benzene rings is 2. The first-order valence-electron chi connectivity index (χ1n) is 8.61. The molecule has 0 saturated carbocycles. The van der Waals surface area contributed by atoms with E-state index in [9.17, 15) is 4.79 Å². The lowest BCUT2D eigenvalue weighted by Gasteiger charge is -2.11. The molecule has 4 rings (SSSR count). The minimum Gasteiger partial charge on any atom is -0.489 e.